The highest BCUT2D eigenvalue weighted by Gasteiger charge is 2.50. The van der Waals surface area contributed by atoms with Crippen LogP contribution in [0, 0.1) is 13.8 Å². The Morgan fingerprint density at radius 1 is 0.829 bits per heavy atom. The molecule has 13 heteroatoms. The number of aryl methyl sites for hydroxylation is 2. The van der Waals surface area contributed by atoms with E-state index in [1.54, 1.807) is 25.1 Å². The third-order valence-electron chi connectivity index (χ3n) is 5.75. The molecule has 3 aromatic rings. The van der Waals surface area contributed by atoms with Crippen LogP contribution >= 0.6 is 0 Å². The van der Waals surface area contributed by atoms with E-state index in [1.165, 1.54) is 24.3 Å². The van der Waals surface area contributed by atoms with Crippen LogP contribution in [0.5, 0.6) is 11.5 Å². The van der Waals surface area contributed by atoms with Crippen molar-refractivity contribution in [2.75, 3.05) is 11.5 Å². The van der Waals surface area contributed by atoms with Gasteiger partial charge in [0, 0.05) is 16.7 Å². The van der Waals surface area contributed by atoms with Crippen molar-refractivity contribution in [2.24, 2.45) is 0 Å². The summed E-state index contributed by atoms with van der Waals surface area (Å²) >= 11 is 0. The molecule has 0 unspecified atom stereocenters. The van der Waals surface area contributed by atoms with Gasteiger partial charge in [-0.3, -0.25) is 13.9 Å². The molecular weight excluding hydrogens is 500 g/mol. The minimum absolute atomic E-state index is 0.0723. The SMILES string of the molecule is Cc1ccc(C2(OC=O)c3ccc(N)c(S(=O)(=O)O)c3Oc3c2ccc(N)c3S(=O)(=O)O)c(C)c1. The number of carbonyl (C=O) groups excluding carboxylic acids is 1. The molecule has 0 radical (unpaired) electrons. The number of rotatable bonds is 5. The number of carbonyl (C=O) groups is 1. The lowest BCUT2D eigenvalue weighted by Gasteiger charge is -2.40. The van der Waals surface area contributed by atoms with Crippen LogP contribution < -0.4 is 16.2 Å². The van der Waals surface area contributed by atoms with Crippen LogP contribution in [0.3, 0.4) is 0 Å². The Morgan fingerprint density at radius 3 is 1.69 bits per heavy atom. The fourth-order valence-corrected chi connectivity index (χ4v) is 5.96. The molecule has 0 saturated heterocycles. The highest BCUT2D eigenvalue weighted by molar-refractivity contribution is 7.86. The average molecular weight is 521 g/mol. The monoisotopic (exact) mass is 520 g/mol. The van der Waals surface area contributed by atoms with Gasteiger partial charge in [0.15, 0.2) is 26.9 Å². The number of nitrogen functional groups attached to an aromatic ring is 2. The average Bonchev–Trinajstić information content (AvgIpc) is 2.71. The Kier molecular flexibility index (Phi) is 5.56. The summed E-state index contributed by atoms with van der Waals surface area (Å²) in [4.78, 5) is 10.1. The van der Waals surface area contributed by atoms with Gasteiger partial charge in [0.2, 0.25) is 0 Å². The Labute approximate surface area is 200 Å². The van der Waals surface area contributed by atoms with E-state index in [0.29, 0.717) is 11.1 Å². The summed E-state index contributed by atoms with van der Waals surface area (Å²) in [5, 5.41) is 0. The van der Waals surface area contributed by atoms with Gasteiger partial charge >= 0.3 is 0 Å². The van der Waals surface area contributed by atoms with Crippen molar-refractivity contribution in [1.82, 2.24) is 0 Å². The van der Waals surface area contributed by atoms with E-state index in [4.69, 9.17) is 20.9 Å². The number of ether oxygens (including phenoxy) is 2. The van der Waals surface area contributed by atoms with Gasteiger partial charge in [-0.15, -0.1) is 0 Å². The Balaban J connectivity index is 2.32. The summed E-state index contributed by atoms with van der Waals surface area (Å²) in [6.07, 6.45) is 0. The quantitative estimate of drug-likeness (QED) is 0.219. The van der Waals surface area contributed by atoms with Crippen molar-refractivity contribution in [2.45, 2.75) is 29.2 Å². The van der Waals surface area contributed by atoms with Crippen LogP contribution in [0.25, 0.3) is 0 Å². The lowest BCUT2D eigenvalue weighted by molar-refractivity contribution is -0.137. The third kappa shape index (κ3) is 3.69. The fourth-order valence-electron chi connectivity index (χ4n) is 4.45. The highest BCUT2D eigenvalue weighted by atomic mass is 32.2. The van der Waals surface area contributed by atoms with Crippen LogP contribution in [0.15, 0.2) is 52.3 Å². The smallest absolute Gasteiger partial charge is 0.300 e. The van der Waals surface area contributed by atoms with Gasteiger partial charge in [-0.25, -0.2) is 0 Å². The molecule has 184 valence electrons. The summed E-state index contributed by atoms with van der Waals surface area (Å²) in [6.45, 7) is 3.63. The van der Waals surface area contributed by atoms with Crippen molar-refractivity contribution in [3.05, 3.63) is 70.3 Å². The molecule has 0 bridgehead atoms. The molecule has 1 aliphatic rings. The largest absolute Gasteiger partial charge is 0.453 e. The molecule has 0 spiro atoms. The second-order valence-electron chi connectivity index (χ2n) is 7.99. The van der Waals surface area contributed by atoms with Gasteiger partial charge in [0.1, 0.15) is 0 Å². The van der Waals surface area contributed by atoms with Crippen LogP contribution in [-0.4, -0.2) is 32.4 Å². The number of hydrogen-bond acceptors (Lipinski definition) is 9. The molecule has 0 atom stereocenters. The maximum absolute atomic E-state index is 12.3. The van der Waals surface area contributed by atoms with Crippen LogP contribution in [0.2, 0.25) is 0 Å². The minimum Gasteiger partial charge on any atom is -0.453 e. The lowest BCUT2D eigenvalue weighted by Crippen LogP contribution is -2.37. The summed E-state index contributed by atoms with van der Waals surface area (Å²) in [5.41, 5.74) is 10.4. The first-order valence-corrected chi connectivity index (χ1v) is 12.8. The first kappa shape index (κ1) is 24.5. The molecule has 11 nitrogen and oxygen atoms in total. The topological polar surface area (TPSA) is 196 Å². The molecule has 0 saturated carbocycles. The zero-order valence-electron chi connectivity index (χ0n) is 18.3. The van der Waals surface area contributed by atoms with Gasteiger partial charge in [0.05, 0.1) is 11.4 Å². The summed E-state index contributed by atoms with van der Waals surface area (Å²) in [6, 6.07) is 10.1. The lowest BCUT2D eigenvalue weighted by atomic mass is 9.75. The minimum atomic E-state index is -5.04. The van der Waals surface area contributed by atoms with Crippen molar-refractivity contribution in [1.29, 1.82) is 0 Å². The zero-order chi connectivity index (χ0) is 25.9. The molecule has 35 heavy (non-hydrogen) atoms. The van der Waals surface area contributed by atoms with Crippen molar-refractivity contribution in [3.63, 3.8) is 0 Å². The van der Waals surface area contributed by atoms with E-state index in [-0.39, 0.29) is 17.6 Å². The van der Waals surface area contributed by atoms with Crippen molar-refractivity contribution >= 4 is 38.1 Å². The molecule has 0 aromatic heterocycles. The molecular formula is C22H20N2O9S2. The molecule has 6 N–H and O–H groups in total. The van der Waals surface area contributed by atoms with E-state index in [1.807, 2.05) is 6.92 Å². The fraction of sp³-hybridized carbons (Fsp3) is 0.136. The maximum atomic E-state index is 12.3. The number of fused-ring (bicyclic) bond motifs is 2. The summed E-state index contributed by atoms with van der Waals surface area (Å²) in [5.74, 6) is -1.20. The third-order valence-corrected chi connectivity index (χ3v) is 7.62. The standard InChI is InChI=1S/C22H20N2O9S2/c1-11-3-4-13(12(2)9-11)22(32-10-25)14-5-7-16(23)20(34(26,27)28)18(14)33-19-15(22)6-8-17(24)21(19)35(29,30)31/h3-10H,23-24H2,1-2H3,(H,26,27,28)(H,29,30,31). The highest BCUT2D eigenvalue weighted by Crippen LogP contribution is 2.57. The van der Waals surface area contributed by atoms with Gasteiger partial charge in [0.25, 0.3) is 26.7 Å². The van der Waals surface area contributed by atoms with Crippen LogP contribution in [-0.2, 0) is 35.4 Å². The molecule has 0 fully saturated rings. The molecule has 4 rings (SSSR count). The molecule has 1 heterocycles. The second kappa shape index (κ2) is 7.95. The van der Waals surface area contributed by atoms with Crippen LogP contribution in [0.1, 0.15) is 27.8 Å². The predicted octanol–water partition coefficient (Wildman–Crippen LogP) is 2.53. The number of benzene rings is 3. The Morgan fingerprint density at radius 2 is 1.29 bits per heavy atom. The van der Waals surface area contributed by atoms with Crippen LogP contribution in [0.4, 0.5) is 11.4 Å². The molecule has 0 aliphatic carbocycles. The first-order chi connectivity index (χ1) is 16.2. The van der Waals surface area contributed by atoms with E-state index in [2.05, 4.69) is 0 Å². The molecule has 0 amide bonds. The zero-order valence-corrected chi connectivity index (χ0v) is 20.0. The van der Waals surface area contributed by atoms with Crippen molar-refractivity contribution in [3.8, 4) is 11.5 Å². The summed E-state index contributed by atoms with van der Waals surface area (Å²) in [7, 11) is -10.1. The number of anilines is 2. The Bertz CT molecular complexity index is 1530. The van der Waals surface area contributed by atoms with Gasteiger partial charge in [-0.05, 0) is 43.7 Å². The summed E-state index contributed by atoms with van der Waals surface area (Å²) < 4.78 is 80.4. The number of nitrogens with two attached hydrogens (primary N) is 2. The van der Waals surface area contributed by atoms with E-state index in [9.17, 15) is 30.7 Å². The van der Waals surface area contributed by atoms with Gasteiger partial charge in [-0.1, -0.05) is 23.8 Å². The van der Waals surface area contributed by atoms with Gasteiger partial charge in [-0.2, -0.15) is 16.8 Å². The Hall–Kier alpha value is -3.65. The first-order valence-electron chi connectivity index (χ1n) is 9.91. The number of hydrogen-bond donors (Lipinski definition) is 4. The van der Waals surface area contributed by atoms with E-state index >= 15 is 0 Å². The molecule has 1 aliphatic heterocycles. The normalized spacial score (nSPS) is 14.4. The maximum Gasteiger partial charge on any atom is 0.300 e. The van der Waals surface area contributed by atoms with Gasteiger partial charge < -0.3 is 20.9 Å². The molecule has 3 aromatic carbocycles. The van der Waals surface area contributed by atoms with Crippen molar-refractivity contribution < 1.29 is 40.2 Å². The predicted molar refractivity (Wildman–Crippen MR) is 124 cm³/mol. The van der Waals surface area contributed by atoms with E-state index in [0.717, 1.165) is 5.56 Å². The van der Waals surface area contributed by atoms with E-state index < -0.39 is 58.5 Å². The second-order valence-corrected chi connectivity index (χ2v) is 10.7.